The number of anilines is 1. The standard InChI is InChI=1S/C15H15N3S.ClH/c1-9-11(16)5-7-13-15(9)19-14-8-10(18(2)3)4-6-12(14)17-13;/h4-8,16H,1-3H3;1H. The van der Waals surface area contributed by atoms with E-state index >= 15 is 0 Å². The number of rotatable bonds is 0. The van der Waals surface area contributed by atoms with Crippen molar-refractivity contribution in [2.24, 2.45) is 0 Å². The molecule has 0 bridgehead atoms. The van der Waals surface area contributed by atoms with Crippen LogP contribution in [0.4, 0.5) is 5.69 Å². The van der Waals surface area contributed by atoms with Gasteiger partial charge in [-0.1, -0.05) is 0 Å². The molecule has 104 valence electrons. The summed E-state index contributed by atoms with van der Waals surface area (Å²) in [7, 11) is 4.09. The van der Waals surface area contributed by atoms with Gasteiger partial charge < -0.3 is 18.1 Å². The molecule has 0 amide bonds. The Labute approximate surface area is 128 Å². The monoisotopic (exact) mass is 305 g/mol. The van der Waals surface area contributed by atoms with E-state index in [2.05, 4.69) is 29.7 Å². The number of aromatic nitrogens is 1. The second-order valence-electron chi connectivity index (χ2n) is 4.89. The summed E-state index contributed by atoms with van der Waals surface area (Å²) in [6.45, 7) is 2.05. The van der Waals surface area contributed by atoms with Crippen molar-refractivity contribution in [3.05, 3.63) is 41.3 Å². The lowest BCUT2D eigenvalue weighted by molar-refractivity contribution is -0.00000391. The molecule has 3 rings (SSSR count). The molecule has 0 saturated heterocycles. The molecular weight excluding hydrogens is 290 g/mol. The Hall–Kier alpha value is -1.65. The Morgan fingerprint density at radius 1 is 1.15 bits per heavy atom. The summed E-state index contributed by atoms with van der Waals surface area (Å²) in [5.41, 5.74) is 9.97. The summed E-state index contributed by atoms with van der Waals surface area (Å²) in [6.07, 6.45) is 0. The molecule has 0 fully saturated rings. The van der Waals surface area contributed by atoms with E-state index in [9.17, 15) is 0 Å². The van der Waals surface area contributed by atoms with E-state index in [1.807, 2.05) is 26.2 Å². The van der Waals surface area contributed by atoms with Gasteiger partial charge in [-0.2, -0.15) is 0 Å². The van der Waals surface area contributed by atoms with Crippen molar-refractivity contribution in [2.75, 3.05) is 19.8 Å². The normalized spacial score (nSPS) is 10.6. The number of halogens is 1. The number of nitrogens with zero attached hydrogens (tertiary/aromatic N) is 2. The van der Waals surface area contributed by atoms with Crippen molar-refractivity contribution in [2.45, 2.75) is 6.92 Å². The Balaban J connectivity index is 0.00000147. The van der Waals surface area contributed by atoms with Gasteiger partial charge in [0.2, 0.25) is 5.36 Å². The van der Waals surface area contributed by atoms with Crippen molar-refractivity contribution in [3.63, 3.8) is 0 Å². The maximum Gasteiger partial charge on any atom is 0.201 e. The maximum atomic E-state index is 5.98. The van der Waals surface area contributed by atoms with Crippen molar-refractivity contribution in [1.29, 1.82) is 0 Å². The zero-order valence-electron chi connectivity index (χ0n) is 11.6. The number of nitrogen functional groups attached to an aromatic ring is 1. The molecule has 0 unspecified atom stereocenters. The molecule has 5 heteroatoms. The summed E-state index contributed by atoms with van der Waals surface area (Å²) < 4.78 is 3.27. The van der Waals surface area contributed by atoms with Crippen LogP contribution < -0.4 is 28.1 Å². The number of benzene rings is 2. The number of fused-ring (bicyclic) bond motifs is 2. The lowest BCUT2D eigenvalue weighted by Gasteiger charge is -2.08. The van der Waals surface area contributed by atoms with Crippen LogP contribution in [0.2, 0.25) is 0 Å². The molecule has 0 radical (unpaired) electrons. The second-order valence-corrected chi connectivity index (χ2v) is 5.94. The van der Waals surface area contributed by atoms with E-state index in [1.165, 1.54) is 14.9 Å². The molecule has 2 N–H and O–H groups in total. The SMILES string of the molecule is Cc1c(N)ccc2nc3ccc(=[N+](C)C)cc-3sc12.[Cl-]. The molecule has 3 nitrogen and oxygen atoms in total. The highest BCUT2D eigenvalue weighted by molar-refractivity contribution is 7.21. The first-order chi connectivity index (χ1) is 9.06. The van der Waals surface area contributed by atoms with Crippen LogP contribution in [0.3, 0.4) is 0 Å². The smallest absolute Gasteiger partial charge is 0.201 e. The Bertz CT molecular complexity index is 819. The minimum atomic E-state index is 0. The zero-order chi connectivity index (χ0) is 13.6. The van der Waals surface area contributed by atoms with Gasteiger partial charge in [-0.15, -0.1) is 11.3 Å². The summed E-state index contributed by atoms with van der Waals surface area (Å²) in [6, 6.07) is 10.3. The van der Waals surface area contributed by atoms with Crippen molar-refractivity contribution < 1.29 is 12.4 Å². The number of aryl methyl sites for hydroxylation is 1. The van der Waals surface area contributed by atoms with Gasteiger partial charge in [0.25, 0.3) is 0 Å². The van der Waals surface area contributed by atoms with Crippen LogP contribution in [0.5, 0.6) is 0 Å². The van der Waals surface area contributed by atoms with Crippen molar-refractivity contribution >= 4 is 27.2 Å². The lowest BCUT2D eigenvalue weighted by atomic mass is 10.2. The fourth-order valence-electron chi connectivity index (χ4n) is 2.10. The Morgan fingerprint density at radius 2 is 1.90 bits per heavy atom. The lowest BCUT2D eigenvalue weighted by Crippen LogP contribution is -3.00. The van der Waals surface area contributed by atoms with Gasteiger partial charge in [0.1, 0.15) is 14.1 Å². The Kier molecular flexibility index (Phi) is 3.97. The van der Waals surface area contributed by atoms with Crippen LogP contribution in [0.25, 0.3) is 20.8 Å². The first-order valence-corrected chi connectivity index (χ1v) is 6.98. The molecule has 0 spiro atoms. The van der Waals surface area contributed by atoms with Crippen LogP contribution >= 0.6 is 11.3 Å². The fourth-order valence-corrected chi connectivity index (χ4v) is 3.21. The third-order valence-electron chi connectivity index (χ3n) is 3.34. The molecule has 1 aromatic carbocycles. The van der Waals surface area contributed by atoms with Gasteiger partial charge in [0.15, 0.2) is 0 Å². The summed E-state index contributed by atoms with van der Waals surface area (Å²) in [5.74, 6) is 0. The number of hydrogen-bond acceptors (Lipinski definition) is 3. The van der Waals surface area contributed by atoms with Gasteiger partial charge in [-0.05, 0) is 30.7 Å². The highest BCUT2D eigenvalue weighted by Crippen LogP contribution is 2.33. The quantitative estimate of drug-likeness (QED) is 0.340. The average Bonchev–Trinajstić information content (AvgIpc) is 2.41. The zero-order valence-corrected chi connectivity index (χ0v) is 13.2. The van der Waals surface area contributed by atoms with E-state index < -0.39 is 0 Å². The molecular formula is C15H16ClN3S. The topological polar surface area (TPSA) is 41.9 Å². The number of hydrogen-bond donors (Lipinski definition) is 1. The van der Waals surface area contributed by atoms with Gasteiger partial charge in [0, 0.05) is 17.8 Å². The maximum absolute atomic E-state index is 5.98. The molecule has 2 aliphatic rings. The van der Waals surface area contributed by atoms with E-state index in [1.54, 1.807) is 11.3 Å². The predicted molar refractivity (Wildman–Crippen MR) is 82.5 cm³/mol. The van der Waals surface area contributed by atoms with E-state index in [-0.39, 0.29) is 12.4 Å². The van der Waals surface area contributed by atoms with Crippen LogP contribution in [0.15, 0.2) is 30.3 Å². The van der Waals surface area contributed by atoms with Gasteiger partial charge >= 0.3 is 0 Å². The largest absolute Gasteiger partial charge is 1.00 e. The van der Waals surface area contributed by atoms with E-state index in [4.69, 9.17) is 10.7 Å². The third kappa shape index (κ3) is 2.37. The average molecular weight is 306 g/mol. The summed E-state index contributed by atoms with van der Waals surface area (Å²) in [5, 5.41) is 1.19. The molecule has 20 heavy (non-hydrogen) atoms. The second kappa shape index (κ2) is 5.38. The summed E-state index contributed by atoms with van der Waals surface area (Å²) in [4.78, 5) is 5.90. The molecule has 0 saturated carbocycles. The summed E-state index contributed by atoms with van der Waals surface area (Å²) >= 11 is 1.75. The molecule has 0 aromatic heterocycles. The van der Waals surface area contributed by atoms with Gasteiger partial charge in [-0.3, -0.25) is 0 Å². The van der Waals surface area contributed by atoms with Crippen LogP contribution in [-0.2, 0) is 0 Å². The molecule has 1 aliphatic heterocycles. The number of nitrogens with two attached hydrogens (primary N) is 1. The van der Waals surface area contributed by atoms with Crippen molar-refractivity contribution in [1.82, 2.24) is 9.56 Å². The fraction of sp³-hybridized carbons (Fsp3) is 0.200. The highest BCUT2D eigenvalue weighted by Gasteiger charge is 2.10. The first-order valence-electron chi connectivity index (χ1n) is 6.16. The minimum absolute atomic E-state index is 0. The van der Waals surface area contributed by atoms with Crippen LogP contribution in [0.1, 0.15) is 5.56 Å². The van der Waals surface area contributed by atoms with Gasteiger partial charge in [0.05, 0.1) is 20.8 Å². The van der Waals surface area contributed by atoms with Crippen LogP contribution in [0, 0.1) is 6.92 Å². The van der Waals surface area contributed by atoms with E-state index in [0.29, 0.717) is 0 Å². The molecule has 1 aromatic rings. The minimum Gasteiger partial charge on any atom is -1.00 e. The molecule has 1 heterocycles. The third-order valence-corrected chi connectivity index (χ3v) is 4.61. The van der Waals surface area contributed by atoms with Crippen molar-refractivity contribution in [3.8, 4) is 10.6 Å². The Morgan fingerprint density at radius 3 is 2.60 bits per heavy atom. The predicted octanol–water partition coefficient (Wildman–Crippen LogP) is -0.672. The highest BCUT2D eigenvalue weighted by atomic mass is 35.5. The molecule has 0 atom stereocenters. The first kappa shape index (κ1) is 14.8. The molecule has 1 aliphatic carbocycles. The van der Waals surface area contributed by atoms with Gasteiger partial charge in [-0.25, -0.2) is 9.56 Å². The van der Waals surface area contributed by atoms with E-state index in [0.717, 1.165) is 22.5 Å². The van der Waals surface area contributed by atoms with Crippen LogP contribution in [-0.4, -0.2) is 19.1 Å².